The van der Waals surface area contributed by atoms with Crippen molar-refractivity contribution in [2.24, 2.45) is 0 Å². The van der Waals surface area contributed by atoms with Crippen LogP contribution in [-0.4, -0.2) is 31.6 Å². The predicted octanol–water partition coefficient (Wildman–Crippen LogP) is 4.92. The number of benzene rings is 2. The summed E-state index contributed by atoms with van der Waals surface area (Å²) < 4.78 is 25.3. The molecular weight excluding hydrogens is 413 g/mol. The maximum atomic E-state index is 13.9. The molecule has 4 nitrogen and oxygen atoms in total. The number of carbonyl (C=O) groups excluding carboxylic acids is 1. The van der Waals surface area contributed by atoms with Gasteiger partial charge in [0, 0.05) is 29.2 Å². The van der Waals surface area contributed by atoms with Crippen LogP contribution in [0.2, 0.25) is 5.02 Å². The Hall–Kier alpha value is -1.79. The van der Waals surface area contributed by atoms with Gasteiger partial charge in [-0.15, -0.1) is 0 Å². The molecule has 0 atom stereocenters. The third-order valence-electron chi connectivity index (χ3n) is 3.53. The second-order valence-electron chi connectivity index (χ2n) is 5.32. The van der Waals surface area contributed by atoms with E-state index in [0.29, 0.717) is 29.2 Å². The van der Waals surface area contributed by atoms with Crippen molar-refractivity contribution >= 4 is 33.4 Å². The first-order valence-corrected chi connectivity index (χ1v) is 8.74. The second-order valence-corrected chi connectivity index (χ2v) is 6.64. The Morgan fingerprint density at radius 3 is 2.68 bits per heavy atom. The maximum Gasteiger partial charge on any atom is 0.254 e. The highest BCUT2D eigenvalue weighted by Gasteiger charge is 2.19. The lowest BCUT2D eigenvalue weighted by molar-refractivity contribution is 0.0783. The van der Waals surface area contributed by atoms with Crippen LogP contribution >= 0.6 is 27.5 Å². The molecule has 0 radical (unpaired) electrons. The van der Waals surface area contributed by atoms with Crippen molar-refractivity contribution < 1.29 is 18.7 Å². The van der Waals surface area contributed by atoms with Crippen LogP contribution < -0.4 is 9.47 Å². The third kappa shape index (κ3) is 4.64. The van der Waals surface area contributed by atoms with Crippen LogP contribution in [-0.2, 0) is 6.54 Å². The zero-order valence-electron chi connectivity index (χ0n) is 14.1. The number of carbonyl (C=O) groups is 1. The summed E-state index contributed by atoms with van der Waals surface area (Å²) in [6, 6.07) is 7.69. The minimum Gasteiger partial charge on any atom is -0.493 e. The van der Waals surface area contributed by atoms with Crippen LogP contribution in [0, 0.1) is 5.82 Å². The number of hydrogen-bond acceptors (Lipinski definition) is 3. The van der Waals surface area contributed by atoms with Gasteiger partial charge in [0.2, 0.25) is 0 Å². The molecule has 0 aromatic heterocycles. The summed E-state index contributed by atoms with van der Waals surface area (Å²) in [5.41, 5.74) is 0.748. The van der Waals surface area contributed by atoms with Crippen LogP contribution in [0.25, 0.3) is 0 Å². The van der Waals surface area contributed by atoms with E-state index in [0.717, 1.165) is 4.47 Å². The van der Waals surface area contributed by atoms with E-state index in [9.17, 15) is 9.18 Å². The van der Waals surface area contributed by atoms with Crippen LogP contribution in [0.5, 0.6) is 11.5 Å². The molecule has 0 fully saturated rings. The molecule has 7 heteroatoms. The van der Waals surface area contributed by atoms with Crippen molar-refractivity contribution in [2.75, 3.05) is 20.8 Å². The van der Waals surface area contributed by atoms with Crippen LogP contribution in [0.15, 0.2) is 34.8 Å². The number of amides is 1. The molecule has 0 bridgehead atoms. The smallest absolute Gasteiger partial charge is 0.254 e. The zero-order valence-corrected chi connectivity index (χ0v) is 16.4. The zero-order chi connectivity index (χ0) is 18.6. The van der Waals surface area contributed by atoms with E-state index in [4.69, 9.17) is 21.1 Å². The Labute approximate surface area is 159 Å². The van der Waals surface area contributed by atoms with Crippen molar-refractivity contribution in [3.05, 3.63) is 56.8 Å². The summed E-state index contributed by atoms with van der Waals surface area (Å²) in [6.07, 6.45) is 0. The molecule has 2 rings (SSSR count). The maximum absolute atomic E-state index is 13.9. The second kappa shape index (κ2) is 8.54. The fourth-order valence-electron chi connectivity index (χ4n) is 2.34. The van der Waals surface area contributed by atoms with Gasteiger partial charge in [-0.3, -0.25) is 4.79 Å². The molecule has 0 heterocycles. The summed E-state index contributed by atoms with van der Waals surface area (Å²) in [6.45, 7) is 2.37. The SMILES string of the molecule is CCOc1c(Cl)cc(C(=O)N(C)Cc2cc(Br)ccc2F)cc1OC. The Kier molecular flexibility index (Phi) is 6.67. The third-order valence-corrected chi connectivity index (χ3v) is 4.30. The quantitative estimate of drug-likeness (QED) is 0.653. The number of ether oxygens (including phenoxy) is 2. The van der Waals surface area contributed by atoms with Gasteiger partial charge in [-0.05, 0) is 37.3 Å². The van der Waals surface area contributed by atoms with Gasteiger partial charge in [0.05, 0.1) is 18.7 Å². The van der Waals surface area contributed by atoms with Crippen LogP contribution in [0.3, 0.4) is 0 Å². The number of methoxy groups -OCH3 is 1. The molecule has 0 spiro atoms. The molecule has 0 aliphatic carbocycles. The highest BCUT2D eigenvalue weighted by atomic mass is 79.9. The minimum absolute atomic E-state index is 0.122. The van der Waals surface area contributed by atoms with Gasteiger partial charge in [0.15, 0.2) is 11.5 Å². The standard InChI is InChI=1S/C18H18BrClFNO3/c1-4-25-17-14(20)8-11(9-16(17)24-3)18(23)22(2)10-12-7-13(19)5-6-15(12)21/h5-9H,4,10H2,1-3H3. The molecule has 1 amide bonds. The van der Waals surface area contributed by atoms with E-state index in [1.807, 2.05) is 6.92 Å². The lowest BCUT2D eigenvalue weighted by Crippen LogP contribution is -2.26. The van der Waals surface area contributed by atoms with Gasteiger partial charge >= 0.3 is 0 Å². The fourth-order valence-corrected chi connectivity index (χ4v) is 3.01. The van der Waals surface area contributed by atoms with Crippen molar-refractivity contribution in [3.63, 3.8) is 0 Å². The Balaban J connectivity index is 2.27. The lowest BCUT2D eigenvalue weighted by Gasteiger charge is -2.19. The lowest BCUT2D eigenvalue weighted by atomic mass is 10.1. The van der Waals surface area contributed by atoms with E-state index in [-0.39, 0.29) is 23.3 Å². The normalized spacial score (nSPS) is 10.5. The highest BCUT2D eigenvalue weighted by Crippen LogP contribution is 2.36. The van der Waals surface area contributed by atoms with Crippen molar-refractivity contribution in [1.82, 2.24) is 4.90 Å². The molecule has 0 aliphatic rings. The molecule has 0 saturated heterocycles. The molecular formula is C18H18BrClFNO3. The Bertz CT molecular complexity index is 785. The molecule has 0 N–H and O–H groups in total. The van der Waals surface area contributed by atoms with Gasteiger partial charge in [-0.25, -0.2) is 4.39 Å². The van der Waals surface area contributed by atoms with Gasteiger partial charge in [0.25, 0.3) is 5.91 Å². The first kappa shape index (κ1) is 19.5. The Morgan fingerprint density at radius 2 is 2.04 bits per heavy atom. The van der Waals surface area contributed by atoms with Crippen molar-refractivity contribution in [3.8, 4) is 11.5 Å². The molecule has 0 aliphatic heterocycles. The van der Waals surface area contributed by atoms with Gasteiger partial charge < -0.3 is 14.4 Å². The van der Waals surface area contributed by atoms with Gasteiger partial charge in [-0.2, -0.15) is 0 Å². The molecule has 2 aromatic carbocycles. The molecule has 134 valence electrons. The van der Waals surface area contributed by atoms with Crippen LogP contribution in [0.1, 0.15) is 22.8 Å². The number of rotatable bonds is 6. The topological polar surface area (TPSA) is 38.8 Å². The molecule has 0 unspecified atom stereocenters. The van der Waals surface area contributed by atoms with Gasteiger partial charge in [-0.1, -0.05) is 27.5 Å². The summed E-state index contributed by atoms with van der Waals surface area (Å²) in [5, 5.41) is 0.284. The van der Waals surface area contributed by atoms with E-state index >= 15 is 0 Å². The van der Waals surface area contributed by atoms with Crippen molar-refractivity contribution in [1.29, 1.82) is 0 Å². The first-order chi connectivity index (χ1) is 11.9. The molecule has 0 saturated carbocycles. The monoisotopic (exact) mass is 429 g/mol. The van der Waals surface area contributed by atoms with E-state index in [1.165, 1.54) is 24.1 Å². The summed E-state index contributed by atoms with van der Waals surface area (Å²) in [7, 11) is 3.07. The fraction of sp³-hybridized carbons (Fsp3) is 0.278. The van der Waals surface area contributed by atoms with Gasteiger partial charge in [0.1, 0.15) is 5.82 Å². The van der Waals surface area contributed by atoms with Crippen molar-refractivity contribution in [2.45, 2.75) is 13.5 Å². The summed E-state index contributed by atoms with van der Waals surface area (Å²) in [4.78, 5) is 14.1. The van der Waals surface area contributed by atoms with E-state index < -0.39 is 0 Å². The first-order valence-electron chi connectivity index (χ1n) is 7.57. The predicted molar refractivity (Wildman–Crippen MR) is 99.1 cm³/mol. The highest BCUT2D eigenvalue weighted by molar-refractivity contribution is 9.10. The minimum atomic E-state index is -0.370. The number of hydrogen-bond donors (Lipinski definition) is 0. The average Bonchev–Trinajstić information content (AvgIpc) is 2.59. The van der Waals surface area contributed by atoms with E-state index in [2.05, 4.69) is 15.9 Å². The molecule has 25 heavy (non-hydrogen) atoms. The van der Waals surface area contributed by atoms with E-state index in [1.54, 1.807) is 25.2 Å². The molecule has 2 aromatic rings. The summed E-state index contributed by atoms with van der Waals surface area (Å²) >= 11 is 9.51. The Morgan fingerprint density at radius 1 is 1.32 bits per heavy atom. The average molecular weight is 431 g/mol. The van der Waals surface area contributed by atoms with Crippen LogP contribution in [0.4, 0.5) is 4.39 Å². The number of halogens is 3. The largest absolute Gasteiger partial charge is 0.493 e. The number of nitrogens with zero attached hydrogens (tertiary/aromatic N) is 1. The summed E-state index contributed by atoms with van der Waals surface area (Å²) in [5.74, 6) is 0.0939.